The normalized spacial score (nSPS) is 13.2. The number of nitrogens with zero attached hydrogens (tertiary/aromatic N) is 4. The molecule has 0 spiro atoms. The molecular formula is C104H76N8O4. The smallest absolute Gasteiger partial charge is 0.127 e. The maximum Gasteiger partial charge on any atom is 0.127 e. The Labute approximate surface area is 669 Å². The Balaban J connectivity index is 0.830. The minimum absolute atomic E-state index is 0.410. The topological polar surface area (TPSA) is 152 Å². The molecule has 0 fully saturated rings. The lowest BCUT2D eigenvalue weighted by molar-refractivity contribution is 0.246. The third-order valence-corrected chi connectivity index (χ3v) is 22.5. The van der Waals surface area contributed by atoms with Gasteiger partial charge in [0.1, 0.15) is 23.0 Å². The van der Waals surface area contributed by atoms with Gasteiger partial charge in [0, 0.05) is 113 Å². The Morgan fingerprint density at radius 2 is 0.466 bits per heavy atom. The molecule has 0 amide bonds. The number of rotatable bonds is 4. The summed E-state index contributed by atoms with van der Waals surface area (Å²) in [6.45, 7) is 5.90. The summed E-state index contributed by atoms with van der Waals surface area (Å²) in [4.78, 5) is 39.3. The van der Waals surface area contributed by atoms with E-state index in [2.05, 4.69) is 361 Å². The lowest BCUT2D eigenvalue weighted by Gasteiger charge is -2.20. The first-order valence-corrected chi connectivity index (χ1v) is 39.6. The van der Waals surface area contributed by atoms with Gasteiger partial charge in [0.2, 0.25) is 0 Å². The van der Waals surface area contributed by atoms with Gasteiger partial charge in [-0.15, -0.1) is 0 Å². The molecule has 0 radical (unpaired) electrons. The largest absolute Gasteiger partial charge is 0.493 e. The molecule has 556 valence electrons. The van der Waals surface area contributed by atoms with E-state index in [4.69, 9.17) is 38.9 Å². The summed E-state index contributed by atoms with van der Waals surface area (Å²) in [5, 5.41) is 4.35. The first-order chi connectivity index (χ1) is 57.3. The number of aryl methyl sites for hydroxylation is 2. The van der Waals surface area contributed by atoms with Crippen LogP contribution in [0.1, 0.15) is 69.5 Å². The van der Waals surface area contributed by atoms with Crippen LogP contribution in [0.3, 0.4) is 0 Å². The summed E-state index contributed by atoms with van der Waals surface area (Å²) >= 11 is 0. The zero-order valence-electron chi connectivity index (χ0n) is 63.8. The van der Waals surface area contributed by atoms with Gasteiger partial charge in [0.25, 0.3) is 0 Å². The number of ether oxygens (including phenoxy) is 4. The number of aromatic nitrogens is 8. The monoisotopic (exact) mass is 1500 g/mol. The Bertz CT molecular complexity index is 6700. The molecule has 10 aromatic carbocycles. The van der Waals surface area contributed by atoms with Crippen molar-refractivity contribution < 1.29 is 18.9 Å². The molecule has 12 heteroatoms. The third kappa shape index (κ3) is 12.8. The van der Waals surface area contributed by atoms with E-state index in [-0.39, 0.29) is 0 Å². The summed E-state index contributed by atoms with van der Waals surface area (Å²) in [7, 11) is 0. The molecule has 16 aromatic rings. The lowest BCUT2D eigenvalue weighted by atomic mass is 9.92. The molecule has 8 aliphatic rings. The van der Waals surface area contributed by atoms with Crippen molar-refractivity contribution in [3.05, 3.63) is 336 Å². The van der Waals surface area contributed by atoms with Gasteiger partial charge in [-0.2, -0.15) is 0 Å². The second-order valence-corrected chi connectivity index (χ2v) is 29.9. The summed E-state index contributed by atoms with van der Waals surface area (Å²) in [5.41, 5.74) is 30.6. The Morgan fingerprint density at radius 1 is 0.216 bits per heavy atom. The van der Waals surface area contributed by atoms with Crippen molar-refractivity contribution in [1.29, 1.82) is 0 Å². The van der Waals surface area contributed by atoms with Crippen molar-refractivity contribution in [2.45, 2.75) is 26.7 Å². The highest BCUT2D eigenvalue weighted by Crippen LogP contribution is 2.48. The van der Waals surface area contributed by atoms with E-state index in [0.29, 0.717) is 50.7 Å². The van der Waals surface area contributed by atoms with Crippen molar-refractivity contribution in [2.24, 2.45) is 0 Å². The SMILES string of the molecule is Cc1ccc(-c2c3nc(c(-c4ccccc4)c4ccc([nH]4)c4c5nc(c(c6ccc2[nH]6)-c2c6nc(c(c7ccc([nH]7)c(-c7ccccc7)c7nc(c(-c8ccc(C)cc8)c8ccc2[nH]8)C=C7)-c2ccc(cc2)OCCCOc2ccc7ccccc7c2-c2c(ccc7ccccc27)OCCCOc2ccc-4cc2)C=C6)C=C5)C=C3)cc1. The van der Waals surface area contributed by atoms with Crippen molar-refractivity contribution in [3.63, 3.8) is 0 Å². The Morgan fingerprint density at radius 3 is 0.776 bits per heavy atom. The predicted molar refractivity (Wildman–Crippen MR) is 477 cm³/mol. The molecule has 116 heavy (non-hydrogen) atoms. The van der Waals surface area contributed by atoms with E-state index in [1.54, 1.807) is 0 Å². The fraction of sp³-hybridized carbons (Fsp3) is 0.0769. The second-order valence-electron chi connectivity index (χ2n) is 29.9. The van der Waals surface area contributed by atoms with Crippen molar-refractivity contribution in [2.75, 3.05) is 26.4 Å². The molecule has 0 saturated heterocycles. The average Bonchev–Trinajstić information content (AvgIpc) is 0.899. The predicted octanol–water partition coefficient (Wildman–Crippen LogP) is 25.9. The van der Waals surface area contributed by atoms with Gasteiger partial charge in [0.15, 0.2) is 0 Å². The molecule has 0 unspecified atom stereocenters. The summed E-state index contributed by atoms with van der Waals surface area (Å²) in [5.74, 6) is 3.00. The highest BCUT2D eigenvalue weighted by molar-refractivity contribution is 6.11. The standard InChI is InChI=1S/C104H76N8O4/c1-63-23-27-69(28-24-63)97-81-45-41-77(105-81)95(67-17-5-3-6-18-67)79-43-47-83(107-79)99-71-31-37-73(38-32-71)113-59-13-61-115-93-57-35-65-15-9-11-21-75(65)101(93)102-76-22-12-10-16-66(76)36-58-94(102)116-62-14-60-114-74-39-33-72(34-40-74)100-84-48-44-80(108-84)96(68-19-7-4-8-20-68)78-42-46-82(106-78)98(70-29-25-64(2)26-30-70)86-50-54-90(110-86)104(92-56-52-88(100)112-92)103(89-53-49-85(97)109-89)91-55-51-87(99)111-91/h3-12,15-58,107-110H,13-14,59-62H2,1-2H3. The van der Waals surface area contributed by atoms with Crippen molar-refractivity contribution in [1.82, 2.24) is 39.9 Å². The number of fused-ring (bicyclic) bond motifs is 14. The van der Waals surface area contributed by atoms with Crippen LogP contribution in [0.5, 0.6) is 23.0 Å². The van der Waals surface area contributed by atoms with E-state index in [9.17, 15) is 0 Å². The number of benzene rings is 10. The molecule has 24 bridgehead atoms. The van der Waals surface area contributed by atoms with Crippen LogP contribution in [0.2, 0.25) is 0 Å². The molecule has 6 aromatic heterocycles. The van der Waals surface area contributed by atoms with Crippen LogP contribution in [-0.2, 0) is 0 Å². The van der Waals surface area contributed by atoms with Crippen LogP contribution in [0.25, 0.3) is 203 Å². The van der Waals surface area contributed by atoms with Crippen LogP contribution < -0.4 is 18.9 Å². The van der Waals surface area contributed by atoms with Gasteiger partial charge in [-0.25, -0.2) is 19.9 Å². The highest BCUT2D eigenvalue weighted by Gasteiger charge is 2.26. The summed E-state index contributed by atoms with van der Waals surface area (Å²) in [6, 6.07) is 98.2. The first kappa shape index (κ1) is 69.1. The molecule has 14 heterocycles. The van der Waals surface area contributed by atoms with Gasteiger partial charge >= 0.3 is 0 Å². The van der Waals surface area contributed by atoms with Crippen LogP contribution in [0.15, 0.2) is 279 Å². The summed E-state index contributed by atoms with van der Waals surface area (Å²) < 4.78 is 27.1. The lowest BCUT2D eigenvalue weighted by Crippen LogP contribution is -2.07. The van der Waals surface area contributed by atoms with Crippen LogP contribution in [-0.4, -0.2) is 66.3 Å². The van der Waals surface area contributed by atoms with E-state index in [1.165, 1.54) is 0 Å². The molecular weight excluding hydrogens is 1430 g/mol. The minimum atomic E-state index is 0.410. The fourth-order valence-electron chi connectivity index (χ4n) is 17.0. The number of nitrogens with one attached hydrogen (secondary N) is 4. The van der Waals surface area contributed by atoms with E-state index < -0.39 is 0 Å². The molecule has 12 nitrogen and oxygen atoms in total. The number of hydrogen-bond acceptors (Lipinski definition) is 8. The van der Waals surface area contributed by atoms with E-state index >= 15 is 0 Å². The van der Waals surface area contributed by atoms with Gasteiger partial charge in [0.05, 0.1) is 72.0 Å². The zero-order chi connectivity index (χ0) is 77.2. The number of hydrogen-bond donors (Lipinski definition) is 4. The maximum atomic E-state index is 6.91. The highest BCUT2D eigenvalue weighted by atomic mass is 16.5. The molecule has 24 rings (SSSR count). The number of aromatic amines is 4. The molecule has 8 aliphatic heterocycles. The molecule has 4 N–H and O–H groups in total. The van der Waals surface area contributed by atoms with E-state index in [1.807, 2.05) is 0 Å². The van der Waals surface area contributed by atoms with Crippen LogP contribution >= 0.6 is 0 Å². The van der Waals surface area contributed by atoms with Crippen LogP contribution in [0.4, 0.5) is 0 Å². The molecule has 0 aliphatic carbocycles. The quantitative estimate of drug-likeness (QED) is 0.136. The average molecular weight is 1500 g/mol. The van der Waals surface area contributed by atoms with Gasteiger partial charge in [-0.1, -0.05) is 205 Å². The van der Waals surface area contributed by atoms with E-state index in [0.717, 1.165) is 223 Å². The van der Waals surface area contributed by atoms with Gasteiger partial charge in [-0.3, -0.25) is 0 Å². The first-order valence-electron chi connectivity index (χ1n) is 39.6. The Kier molecular flexibility index (Phi) is 17.5. The van der Waals surface area contributed by atoms with Gasteiger partial charge in [-0.05, 0) is 202 Å². The maximum absolute atomic E-state index is 6.91. The van der Waals surface area contributed by atoms with Gasteiger partial charge < -0.3 is 38.9 Å². The number of H-pyrrole nitrogens is 4. The van der Waals surface area contributed by atoms with Crippen molar-refractivity contribution in [3.8, 4) is 112 Å². The minimum Gasteiger partial charge on any atom is -0.493 e. The Hall–Kier alpha value is -14.9. The van der Waals surface area contributed by atoms with Crippen LogP contribution in [0, 0.1) is 13.8 Å². The zero-order valence-corrected chi connectivity index (χ0v) is 63.8. The second kappa shape index (κ2) is 29.3. The molecule has 0 atom stereocenters. The third-order valence-electron chi connectivity index (χ3n) is 22.5. The molecule has 0 saturated carbocycles. The van der Waals surface area contributed by atoms with Crippen molar-refractivity contribution >= 4 is 114 Å². The fourth-order valence-corrected chi connectivity index (χ4v) is 17.0. The summed E-state index contributed by atoms with van der Waals surface area (Å²) in [6.07, 6.45) is 18.5.